The minimum absolute atomic E-state index is 0.357. The molecule has 0 spiro atoms. The molecule has 0 saturated heterocycles. The number of halogens is 2. The van der Waals surface area contributed by atoms with E-state index in [1.165, 1.54) is 24.3 Å². The number of furan rings is 1. The zero-order valence-electron chi connectivity index (χ0n) is 13.8. The lowest BCUT2D eigenvalue weighted by atomic mass is 10.1. The van der Waals surface area contributed by atoms with Gasteiger partial charge in [-0.25, -0.2) is 13.0 Å². The second-order valence-electron chi connectivity index (χ2n) is 5.95. The Balaban J connectivity index is 2.03. The van der Waals surface area contributed by atoms with Crippen LogP contribution < -0.4 is 0 Å². The van der Waals surface area contributed by atoms with E-state index in [4.69, 9.17) is 4.42 Å². The van der Waals surface area contributed by atoms with Gasteiger partial charge in [0.15, 0.2) is 5.76 Å². The Labute approximate surface area is 151 Å². The third kappa shape index (κ3) is 2.84. The quantitative estimate of drug-likeness (QED) is 0.454. The van der Waals surface area contributed by atoms with Crippen molar-refractivity contribution in [1.29, 1.82) is 0 Å². The molecule has 1 heterocycles. The van der Waals surface area contributed by atoms with Crippen LogP contribution in [0.25, 0.3) is 22.3 Å². The van der Waals surface area contributed by atoms with Crippen molar-refractivity contribution in [1.82, 2.24) is 0 Å². The lowest BCUT2D eigenvalue weighted by Crippen LogP contribution is -1.94. The molecule has 0 unspecified atom stereocenters. The van der Waals surface area contributed by atoms with Gasteiger partial charge < -0.3 is 4.42 Å². The number of rotatable bonds is 3. The molecule has 0 aliphatic carbocycles. The van der Waals surface area contributed by atoms with Crippen molar-refractivity contribution in [2.45, 2.75) is 16.7 Å². The molecule has 1 atom stereocenters. The molecular weight excluding hydrogens is 354 g/mol. The molecule has 0 aliphatic rings. The summed E-state index contributed by atoms with van der Waals surface area (Å²) in [4.78, 5) is 0.973. The maximum absolute atomic E-state index is 14.0. The van der Waals surface area contributed by atoms with Crippen LogP contribution in [0.3, 0.4) is 0 Å². The van der Waals surface area contributed by atoms with Crippen LogP contribution in [0, 0.1) is 18.6 Å². The highest BCUT2D eigenvalue weighted by Crippen LogP contribution is 2.39. The van der Waals surface area contributed by atoms with Crippen molar-refractivity contribution in [3.05, 3.63) is 83.9 Å². The summed E-state index contributed by atoms with van der Waals surface area (Å²) in [5, 5.41) is 0.462. The van der Waals surface area contributed by atoms with Crippen LogP contribution in [-0.2, 0) is 10.8 Å². The standard InChI is InChI=1S/C21H14F2O2S/c1-13-11-16(23)12-18-19(13)25-20(14-7-9-15(22)10-8-14)21(18)26(24)17-5-3-2-4-6-17/h2-12H,1H3/t26-/m1/s1. The van der Waals surface area contributed by atoms with Crippen LogP contribution in [0.4, 0.5) is 8.78 Å². The number of hydrogen-bond donors (Lipinski definition) is 0. The molecule has 0 aliphatic heterocycles. The molecule has 0 bridgehead atoms. The first-order chi connectivity index (χ1) is 12.5. The van der Waals surface area contributed by atoms with Crippen molar-refractivity contribution in [2.24, 2.45) is 0 Å². The summed E-state index contributed by atoms with van der Waals surface area (Å²) in [5.74, 6) is -0.443. The molecular formula is C21H14F2O2S. The molecule has 130 valence electrons. The van der Waals surface area contributed by atoms with E-state index in [0.29, 0.717) is 37.6 Å². The van der Waals surface area contributed by atoms with E-state index in [1.54, 1.807) is 43.3 Å². The number of hydrogen-bond acceptors (Lipinski definition) is 2. The molecule has 5 heteroatoms. The highest BCUT2D eigenvalue weighted by Gasteiger charge is 2.24. The van der Waals surface area contributed by atoms with Crippen molar-refractivity contribution in [3.8, 4) is 11.3 Å². The summed E-state index contributed by atoms with van der Waals surface area (Å²) in [6, 6.07) is 17.3. The van der Waals surface area contributed by atoms with Gasteiger partial charge in [-0.1, -0.05) is 18.2 Å². The molecule has 0 saturated carbocycles. The minimum atomic E-state index is -1.58. The Morgan fingerprint density at radius 1 is 0.885 bits per heavy atom. The summed E-state index contributed by atoms with van der Waals surface area (Å²) < 4.78 is 46.6. The van der Waals surface area contributed by atoms with Crippen molar-refractivity contribution < 1.29 is 17.4 Å². The van der Waals surface area contributed by atoms with E-state index >= 15 is 0 Å². The van der Waals surface area contributed by atoms with Crippen molar-refractivity contribution in [3.63, 3.8) is 0 Å². The lowest BCUT2D eigenvalue weighted by Gasteiger charge is -2.04. The zero-order valence-corrected chi connectivity index (χ0v) is 14.6. The molecule has 26 heavy (non-hydrogen) atoms. The molecule has 0 fully saturated rings. The van der Waals surface area contributed by atoms with E-state index < -0.39 is 16.6 Å². The molecule has 3 aromatic carbocycles. The highest BCUT2D eigenvalue weighted by atomic mass is 32.2. The highest BCUT2D eigenvalue weighted by molar-refractivity contribution is 7.85. The summed E-state index contributed by atoms with van der Waals surface area (Å²) in [6.45, 7) is 1.73. The van der Waals surface area contributed by atoms with Gasteiger partial charge >= 0.3 is 0 Å². The Morgan fingerprint density at radius 2 is 1.58 bits per heavy atom. The Kier molecular flexibility index (Phi) is 4.17. The van der Waals surface area contributed by atoms with Gasteiger partial charge in [-0.2, -0.15) is 0 Å². The van der Waals surface area contributed by atoms with Gasteiger partial charge in [-0.05, 0) is 61.0 Å². The van der Waals surface area contributed by atoms with Gasteiger partial charge in [0.2, 0.25) is 0 Å². The number of fused-ring (bicyclic) bond motifs is 1. The fraction of sp³-hybridized carbons (Fsp3) is 0.0476. The first-order valence-electron chi connectivity index (χ1n) is 8.00. The van der Waals surface area contributed by atoms with Crippen molar-refractivity contribution >= 4 is 21.8 Å². The Bertz CT molecular complexity index is 1120. The maximum Gasteiger partial charge on any atom is 0.151 e. The first-order valence-corrected chi connectivity index (χ1v) is 9.15. The third-order valence-corrected chi connectivity index (χ3v) is 5.62. The molecule has 0 N–H and O–H groups in total. The van der Waals surface area contributed by atoms with E-state index in [2.05, 4.69) is 0 Å². The number of aryl methyl sites for hydroxylation is 1. The molecule has 4 rings (SSSR count). The van der Waals surface area contributed by atoms with E-state index in [1.807, 2.05) is 6.07 Å². The predicted molar refractivity (Wildman–Crippen MR) is 97.4 cm³/mol. The average Bonchev–Trinajstić information content (AvgIpc) is 3.02. The number of benzene rings is 3. The molecule has 0 amide bonds. The Hall–Kier alpha value is -2.79. The zero-order chi connectivity index (χ0) is 18.3. The lowest BCUT2D eigenvalue weighted by molar-refractivity contribution is 0.610. The van der Waals surface area contributed by atoms with Crippen LogP contribution in [0.2, 0.25) is 0 Å². The molecule has 4 aromatic rings. The smallest absolute Gasteiger partial charge is 0.151 e. The fourth-order valence-electron chi connectivity index (χ4n) is 2.94. The van der Waals surface area contributed by atoms with Gasteiger partial charge in [0.1, 0.15) is 17.2 Å². The first kappa shape index (κ1) is 16.7. The molecule has 2 nitrogen and oxygen atoms in total. The summed E-state index contributed by atoms with van der Waals surface area (Å²) >= 11 is 0. The normalized spacial score (nSPS) is 12.4. The SMILES string of the molecule is Cc1cc(F)cc2c([S@](=O)c3ccccc3)c(-c3ccc(F)cc3)oc12. The van der Waals surface area contributed by atoms with E-state index in [-0.39, 0.29) is 5.82 Å². The van der Waals surface area contributed by atoms with Crippen LogP contribution in [-0.4, -0.2) is 4.21 Å². The van der Waals surface area contributed by atoms with Crippen molar-refractivity contribution in [2.75, 3.05) is 0 Å². The minimum Gasteiger partial charge on any atom is -0.454 e. The van der Waals surface area contributed by atoms with Crippen LogP contribution in [0.1, 0.15) is 5.56 Å². The fourth-order valence-corrected chi connectivity index (χ4v) is 4.26. The monoisotopic (exact) mass is 368 g/mol. The second-order valence-corrected chi connectivity index (χ2v) is 7.37. The van der Waals surface area contributed by atoms with Gasteiger partial charge in [0, 0.05) is 15.8 Å². The topological polar surface area (TPSA) is 30.2 Å². The summed E-state index contributed by atoms with van der Waals surface area (Å²) in [7, 11) is -1.58. The van der Waals surface area contributed by atoms with E-state index in [9.17, 15) is 13.0 Å². The molecule has 1 aromatic heterocycles. The Morgan fingerprint density at radius 3 is 2.27 bits per heavy atom. The second kappa shape index (κ2) is 6.50. The molecule has 0 radical (unpaired) electrons. The van der Waals surface area contributed by atoms with Crippen LogP contribution in [0.5, 0.6) is 0 Å². The van der Waals surface area contributed by atoms with E-state index in [0.717, 1.165) is 0 Å². The maximum atomic E-state index is 14.0. The summed E-state index contributed by atoms with van der Waals surface area (Å²) in [6.07, 6.45) is 0. The summed E-state index contributed by atoms with van der Waals surface area (Å²) in [5.41, 5.74) is 1.67. The van der Waals surface area contributed by atoms with Gasteiger partial charge in [-0.15, -0.1) is 0 Å². The van der Waals surface area contributed by atoms with Gasteiger partial charge in [-0.3, -0.25) is 0 Å². The van der Waals surface area contributed by atoms with Gasteiger partial charge in [0.25, 0.3) is 0 Å². The van der Waals surface area contributed by atoms with Crippen LogP contribution >= 0.6 is 0 Å². The van der Waals surface area contributed by atoms with Crippen LogP contribution in [0.15, 0.2) is 80.9 Å². The largest absolute Gasteiger partial charge is 0.454 e. The average molecular weight is 368 g/mol. The van der Waals surface area contributed by atoms with Gasteiger partial charge in [0.05, 0.1) is 15.7 Å². The third-order valence-electron chi connectivity index (χ3n) is 4.14. The predicted octanol–water partition coefficient (Wildman–Crippen LogP) is 5.85.